The molecule has 0 rings (SSSR count). The molecule has 0 radical (unpaired) electrons. The molecule has 10 heteroatoms. The summed E-state index contributed by atoms with van der Waals surface area (Å²) in [5.41, 5.74) is 0. The molecule has 0 saturated carbocycles. The quantitative estimate of drug-likeness (QED) is 0.313. The Morgan fingerprint density at radius 3 is 1.00 bits per heavy atom. The molecule has 0 spiro atoms. The van der Waals surface area contributed by atoms with Gasteiger partial charge in [-0.25, -0.2) is 8.42 Å². The molecule has 2 unspecified atom stereocenters. The van der Waals surface area contributed by atoms with Gasteiger partial charge in [-0.2, -0.15) is 0 Å². The van der Waals surface area contributed by atoms with Crippen molar-refractivity contribution in [3.8, 4) is 0 Å². The van der Waals surface area contributed by atoms with Gasteiger partial charge < -0.3 is 18.2 Å². The molecular weight excluding hydrogens is 219 g/mol. The number of rotatable bonds is 0. The third-order valence-corrected chi connectivity index (χ3v) is 0. The van der Waals surface area contributed by atoms with Crippen LogP contribution >= 0.6 is 0 Å². The zero-order chi connectivity index (χ0) is 7.15. The maximum Gasteiger partial charge on any atom is 1.00 e. The molecule has 2 atom stereocenters. The van der Waals surface area contributed by atoms with Gasteiger partial charge >= 0.3 is 29.6 Å². The third-order valence-electron chi connectivity index (χ3n) is 0. The van der Waals surface area contributed by atoms with E-state index in [1.54, 1.807) is 0 Å². The van der Waals surface area contributed by atoms with Crippen LogP contribution in [0.4, 0.5) is 0 Å². The van der Waals surface area contributed by atoms with E-state index in [4.69, 9.17) is 26.6 Å². The molecule has 0 bridgehead atoms. The average Bonchev–Trinajstić information content (AvgIpc) is 1.25. The number of halogens is 1. The van der Waals surface area contributed by atoms with E-state index in [-0.39, 0.29) is 42.0 Å². The van der Waals surface area contributed by atoms with Gasteiger partial charge in [-0.3, -0.25) is 0 Å². The van der Waals surface area contributed by atoms with Crippen LogP contribution in [0.25, 0.3) is 0 Å². The molecule has 0 aromatic rings. The molecule has 10 heavy (non-hydrogen) atoms. The summed E-state index contributed by atoms with van der Waals surface area (Å²) in [6.45, 7) is 0. The van der Waals surface area contributed by atoms with E-state index in [1.807, 2.05) is 0 Å². The van der Waals surface area contributed by atoms with Crippen molar-refractivity contribution in [2.75, 3.05) is 0 Å². The van der Waals surface area contributed by atoms with Gasteiger partial charge in [0.1, 0.15) is 0 Å². The summed E-state index contributed by atoms with van der Waals surface area (Å²) >= 11 is -5.72. The van der Waals surface area contributed by atoms with Crippen molar-refractivity contribution in [2.24, 2.45) is 0 Å². The standard InChI is InChI=1S/ClH2.Na.2H2O3S/c;;2*1-4(2)3/h1H2;;2*(H2,1,2,3)/q2*+1;;/p-2. The second kappa shape index (κ2) is 16.8. The summed E-state index contributed by atoms with van der Waals surface area (Å²) in [6, 6.07) is 0. The fraction of sp³-hybridized carbons (Fsp3) is 0. The van der Waals surface area contributed by atoms with E-state index < -0.39 is 22.7 Å². The van der Waals surface area contributed by atoms with Crippen molar-refractivity contribution in [1.82, 2.24) is 0 Å². The Morgan fingerprint density at radius 1 is 1.00 bits per heavy atom. The molecule has 0 aliphatic carbocycles. The Bertz CT molecular complexity index is 73.7. The van der Waals surface area contributed by atoms with Crippen molar-refractivity contribution < 1.29 is 68.6 Å². The van der Waals surface area contributed by atoms with E-state index in [9.17, 15) is 0 Å². The zero-order valence-electron chi connectivity index (χ0n) is 4.79. The van der Waals surface area contributed by atoms with E-state index in [2.05, 4.69) is 0 Å². The smallest absolute Gasteiger partial charge is 0.750 e. The molecule has 0 aromatic carbocycles. The van der Waals surface area contributed by atoms with Crippen LogP contribution in [0.5, 0.6) is 0 Å². The summed E-state index contributed by atoms with van der Waals surface area (Å²) in [5.74, 6) is 0. The van der Waals surface area contributed by atoms with Gasteiger partial charge in [0, 0.05) is 0 Å². The minimum atomic E-state index is -2.86. The van der Waals surface area contributed by atoms with Gasteiger partial charge in [0.15, 0.2) is 0 Å². The summed E-state index contributed by atoms with van der Waals surface area (Å²) < 4.78 is 48.2. The van der Waals surface area contributed by atoms with Crippen LogP contribution in [0, 0.1) is 12.4 Å². The van der Waals surface area contributed by atoms with Gasteiger partial charge in [0.05, 0.1) is 35.1 Å². The van der Waals surface area contributed by atoms with Gasteiger partial charge in [0.2, 0.25) is 0 Å². The van der Waals surface area contributed by atoms with Crippen LogP contribution in [-0.4, -0.2) is 26.6 Å². The minimum Gasteiger partial charge on any atom is -0.750 e. The molecule has 0 saturated heterocycles. The van der Waals surface area contributed by atoms with Crippen molar-refractivity contribution in [3.63, 3.8) is 0 Å². The fourth-order valence-corrected chi connectivity index (χ4v) is 0. The molecule has 0 heterocycles. The maximum absolute atomic E-state index is 8.56. The van der Waals surface area contributed by atoms with E-state index >= 15 is 0 Å². The molecule has 0 amide bonds. The third kappa shape index (κ3) is 328. The normalized spacial score (nSPS) is 12.4. The molecular formula is H4ClNaO6S2. The minimum absolute atomic E-state index is 0. The monoisotopic (exact) mass is 222 g/mol. The fourth-order valence-electron chi connectivity index (χ4n) is 0. The Labute approximate surface area is 90.7 Å². The van der Waals surface area contributed by atoms with Crippen molar-refractivity contribution in [2.45, 2.75) is 0 Å². The van der Waals surface area contributed by atoms with E-state index in [1.165, 1.54) is 0 Å². The van der Waals surface area contributed by atoms with Gasteiger partial charge in [0.25, 0.3) is 0 Å². The van der Waals surface area contributed by atoms with Crippen LogP contribution < -0.4 is 29.6 Å². The van der Waals surface area contributed by atoms with Crippen LogP contribution in [0.1, 0.15) is 0 Å². The Morgan fingerprint density at radius 2 is 1.00 bits per heavy atom. The number of hydrogen-bond donors (Lipinski definition) is 2. The Kier molecular flexibility index (Phi) is 37.8. The second-order valence-corrected chi connectivity index (χ2v) is 1.30. The summed E-state index contributed by atoms with van der Waals surface area (Å²) in [7, 11) is 0. The first kappa shape index (κ1) is 22.5. The SMILES string of the molecule is O=S([O-])O.O=S([O-])O.[ClH2+].[Na+]. The first-order valence-corrected chi connectivity index (χ1v) is 3.10. The maximum atomic E-state index is 8.56. The van der Waals surface area contributed by atoms with Crippen LogP contribution in [-0.2, 0) is 22.7 Å². The van der Waals surface area contributed by atoms with Crippen molar-refractivity contribution in [3.05, 3.63) is 0 Å². The Hall–Kier alpha value is 1.43. The predicted octanol–water partition coefficient (Wildman–Crippen LogP) is -4.85. The molecule has 0 fully saturated rings. The average molecular weight is 223 g/mol. The molecule has 2 N–H and O–H groups in total. The summed E-state index contributed by atoms with van der Waals surface area (Å²) in [5, 5.41) is 0. The second-order valence-electron chi connectivity index (χ2n) is 0.434. The summed E-state index contributed by atoms with van der Waals surface area (Å²) in [6.07, 6.45) is 0. The van der Waals surface area contributed by atoms with E-state index in [0.29, 0.717) is 0 Å². The van der Waals surface area contributed by atoms with Gasteiger partial charge in [-0.05, 0) is 0 Å². The number of hydrogen-bond acceptors (Lipinski definition) is 4. The predicted molar refractivity (Wildman–Crippen MR) is 25.9 cm³/mol. The zero-order valence-corrected chi connectivity index (χ0v) is 9.32. The van der Waals surface area contributed by atoms with Crippen LogP contribution in [0.3, 0.4) is 0 Å². The van der Waals surface area contributed by atoms with Gasteiger partial charge in [-0.1, -0.05) is 0 Å². The first-order chi connectivity index (χ1) is 3.46. The molecule has 6 nitrogen and oxygen atoms in total. The molecule has 0 aliphatic rings. The van der Waals surface area contributed by atoms with Crippen LogP contribution in [0.15, 0.2) is 0 Å². The van der Waals surface area contributed by atoms with E-state index in [0.717, 1.165) is 0 Å². The largest absolute Gasteiger partial charge is 1.00 e. The van der Waals surface area contributed by atoms with Crippen molar-refractivity contribution in [1.29, 1.82) is 0 Å². The van der Waals surface area contributed by atoms with Crippen molar-refractivity contribution >= 4 is 22.7 Å². The Balaban J connectivity index is -0.0000000300. The summed E-state index contributed by atoms with van der Waals surface area (Å²) in [4.78, 5) is 0. The molecule has 60 valence electrons. The topological polar surface area (TPSA) is 121 Å². The molecule has 0 aromatic heterocycles. The van der Waals surface area contributed by atoms with Gasteiger partial charge in [-0.15, -0.1) is 0 Å². The first-order valence-electron chi connectivity index (χ1n) is 1.03. The molecule has 0 aliphatic heterocycles. The van der Waals surface area contributed by atoms with Crippen LogP contribution in [0.2, 0.25) is 0 Å².